The molecule has 0 aliphatic rings. The second-order valence-electron chi connectivity index (χ2n) is 8.17. The number of ether oxygens (including phenoxy) is 2. The van der Waals surface area contributed by atoms with Gasteiger partial charge >= 0.3 is 11.9 Å². The fourth-order valence-corrected chi connectivity index (χ4v) is 3.13. The summed E-state index contributed by atoms with van der Waals surface area (Å²) in [5.41, 5.74) is 1.12. The van der Waals surface area contributed by atoms with Crippen LogP contribution in [-0.4, -0.2) is 25.2 Å². The Balaban J connectivity index is 1.92. The normalized spacial score (nSPS) is 13.2. The van der Waals surface area contributed by atoms with Crippen molar-refractivity contribution in [2.24, 2.45) is 23.7 Å². The summed E-state index contributed by atoms with van der Waals surface area (Å²) >= 11 is 0. The summed E-state index contributed by atoms with van der Waals surface area (Å²) in [5, 5.41) is 0. The predicted octanol–water partition coefficient (Wildman–Crippen LogP) is 5.63. The standard InChI is InChI=1S/C25H32O4/c1-18(2)22(16-28-24(26)20-11-7-5-8-12-20)15-23(19(3)4)17-29-25(27)21-13-9-6-10-14-21/h5-14,18-19,22-23H,15-17H2,1-4H3. The minimum absolute atomic E-state index is 0.200. The van der Waals surface area contributed by atoms with Crippen LogP contribution in [0.5, 0.6) is 0 Å². The van der Waals surface area contributed by atoms with Gasteiger partial charge in [-0.1, -0.05) is 64.1 Å². The van der Waals surface area contributed by atoms with Gasteiger partial charge in [0, 0.05) is 0 Å². The van der Waals surface area contributed by atoms with Crippen LogP contribution in [0.3, 0.4) is 0 Å². The Morgan fingerprint density at radius 3 is 1.31 bits per heavy atom. The molecule has 0 radical (unpaired) electrons. The summed E-state index contributed by atoms with van der Waals surface area (Å²) in [7, 11) is 0. The van der Waals surface area contributed by atoms with E-state index in [0.717, 1.165) is 6.42 Å². The molecule has 29 heavy (non-hydrogen) atoms. The Morgan fingerprint density at radius 2 is 1.00 bits per heavy atom. The molecule has 2 aromatic rings. The van der Waals surface area contributed by atoms with Crippen molar-refractivity contribution in [3.63, 3.8) is 0 Å². The highest BCUT2D eigenvalue weighted by Crippen LogP contribution is 2.27. The second kappa shape index (κ2) is 11.4. The van der Waals surface area contributed by atoms with Gasteiger partial charge in [-0.15, -0.1) is 0 Å². The van der Waals surface area contributed by atoms with Gasteiger partial charge < -0.3 is 9.47 Å². The van der Waals surface area contributed by atoms with Crippen LogP contribution >= 0.6 is 0 Å². The molecule has 0 bridgehead atoms. The highest BCUT2D eigenvalue weighted by Gasteiger charge is 2.25. The highest BCUT2D eigenvalue weighted by atomic mass is 16.5. The molecule has 0 saturated carbocycles. The van der Waals surface area contributed by atoms with Gasteiger partial charge in [-0.3, -0.25) is 0 Å². The molecular weight excluding hydrogens is 364 g/mol. The summed E-state index contributed by atoms with van der Waals surface area (Å²) in [4.78, 5) is 24.5. The number of benzene rings is 2. The summed E-state index contributed by atoms with van der Waals surface area (Å²) in [6, 6.07) is 18.1. The smallest absolute Gasteiger partial charge is 0.338 e. The highest BCUT2D eigenvalue weighted by molar-refractivity contribution is 5.89. The van der Waals surface area contributed by atoms with E-state index in [0.29, 0.717) is 36.2 Å². The number of hydrogen-bond acceptors (Lipinski definition) is 4. The second-order valence-corrected chi connectivity index (χ2v) is 8.17. The van der Waals surface area contributed by atoms with E-state index in [-0.39, 0.29) is 23.8 Å². The Labute approximate surface area is 174 Å². The summed E-state index contributed by atoms with van der Waals surface area (Å²) in [5.74, 6) is 0.506. The van der Waals surface area contributed by atoms with Gasteiger partial charge in [0.05, 0.1) is 24.3 Å². The number of carbonyl (C=O) groups excluding carboxylic acids is 2. The minimum atomic E-state index is -0.298. The average Bonchev–Trinajstić information content (AvgIpc) is 2.73. The molecule has 4 nitrogen and oxygen atoms in total. The zero-order chi connectivity index (χ0) is 21.2. The molecule has 0 aliphatic carbocycles. The molecule has 2 rings (SSSR count). The topological polar surface area (TPSA) is 52.6 Å². The van der Waals surface area contributed by atoms with Crippen LogP contribution in [0.15, 0.2) is 60.7 Å². The molecule has 0 amide bonds. The van der Waals surface area contributed by atoms with Crippen LogP contribution in [0, 0.1) is 23.7 Å². The maximum absolute atomic E-state index is 12.3. The molecule has 0 heterocycles. The predicted molar refractivity (Wildman–Crippen MR) is 115 cm³/mol. The van der Waals surface area contributed by atoms with Crippen molar-refractivity contribution in [1.29, 1.82) is 0 Å². The van der Waals surface area contributed by atoms with Gasteiger partial charge in [0.25, 0.3) is 0 Å². The molecule has 4 heteroatoms. The first-order valence-electron chi connectivity index (χ1n) is 10.3. The Hall–Kier alpha value is -2.62. The van der Waals surface area contributed by atoms with Crippen molar-refractivity contribution in [2.45, 2.75) is 34.1 Å². The largest absolute Gasteiger partial charge is 0.462 e. The lowest BCUT2D eigenvalue weighted by Gasteiger charge is -2.28. The molecule has 156 valence electrons. The lowest BCUT2D eigenvalue weighted by molar-refractivity contribution is 0.0265. The lowest BCUT2D eigenvalue weighted by Crippen LogP contribution is -2.27. The maximum Gasteiger partial charge on any atom is 0.338 e. The monoisotopic (exact) mass is 396 g/mol. The molecule has 2 unspecified atom stereocenters. The van der Waals surface area contributed by atoms with Crippen molar-refractivity contribution >= 4 is 11.9 Å². The average molecular weight is 397 g/mol. The van der Waals surface area contributed by atoms with Crippen LogP contribution in [0.1, 0.15) is 54.8 Å². The van der Waals surface area contributed by atoms with Crippen LogP contribution < -0.4 is 0 Å². The van der Waals surface area contributed by atoms with E-state index >= 15 is 0 Å². The van der Waals surface area contributed by atoms with Crippen LogP contribution in [0.2, 0.25) is 0 Å². The van der Waals surface area contributed by atoms with Crippen molar-refractivity contribution in [3.05, 3.63) is 71.8 Å². The van der Waals surface area contributed by atoms with E-state index in [2.05, 4.69) is 27.7 Å². The van der Waals surface area contributed by atoms with Crippen LogP contribution in [-0.2, 0) is 9.47 Å². The molecule has 0 aliphatic heterocycles. The number of rotatable bonds is 10. The fourth-order valence-electron chi connectivity index (χ4n) is 3.13. The first kappa shape index (κ1) is 22.7. The van der Waals surface area contributed by atoms with E-state index in [9.17, 15) is 9.59 Å². The molecule has 2 aromatic carbocycles. The van der Waals surface area contributed by atoms with Crippen molar-refractivity contribution in [3.8, 4) is 0 Å². The third kappa shape index (κ3) is 7.37. The van der Waals surface area contributed by atoms with Gasteiger partial charge in [-0.2, -0.15) is 0 Å². The van der Waals surface area contributed by atoms with Gasteiger partial charge in [-0.05, 0) is 54.4 Å². The van der Waals surface area contributed by atoms with Gasteiger partial charge in [0.1, 0.15) is 0 Å². The lowest BCUT2D eigenvalue weighted by atomic mass is 9.82. The minimum Gasteiger partial charge on any atom is -0.462 e. The Bertz CT molecular complexity index is 687. The molecule has 0 N–H and O–H groups in total. The molecular formula is C25H32O4. The Morgan fingerprint density at radius 1 is 0.655 bits per heavy atom. The van der Waals surface area contributed by atoms with Gasteiger partial charge in [0.2, 0.25) is 0 Å². The third-order valence-corrected chi connectivity index (χ3v) is 5.37. The number of esters is 2. The van der Waals surface area contributed by atoms with Gasteiger partial charge in [0.15, 0.2) is 0 Å². The first-order valence-corrected chi connectivity index (χ1v) is 10.3. The molecule has 2 atom stereocenters. The summed E-state index contributed by atoms with van der Waals surface area (Å²) < 4.78 is 11.2. The van der Waals surface area contributed by atoms with E-state index in [4.69, 9.17) is 9.47 Å². The van der Waals surface area contributed by atoms with Gasteiger partial charge in [-0.25, -0.2) is 9.59 Å². The zero-order valence-electron chi connectivity index (χ0n) is 17.8. The Kier molecular flexibility index (Phi) is 8.91. The van der Waals surface area contributed by atoms with Crippen LogP contribution in [0.4, 0.5) is 0 Å². The summed E-state index contributed by atoms with van der Waals surface area (Å²) in [6.07, 6.45) is 0.833. The quantitative estimate of drug-likeness (QED) is 0.488. The fraction of sp³-hybridized carbons (Fsp3) is 0.440. The van der Waals surface area contributed by atoms with Crippen molar-refractivity contribution in [1.82, 2.24) is 0 Å². The first-order chi connectivity index (χ1) is 13.9. The number of hydrogen-bond donors (Lipinski definition) is 0. The van der Waals surface area contributed by atoms with E-state index in [1.807, 2.05) is 36.4 Å². The third-order valence-electron chi connectivity index (χ3n) is 5.37. The SMILES string of the molecule is CC(C)C(COC(=O)c1ccccc1)CC(COC(=O)c1ccccc1)C(C)C. The maximum atomic E-state index is 12.3. The van der Waals surface area contributed by atoms with Crippen LogP contribution in [0.25, 0.3) is 0 Å². The van der Waals surface area contributed by atoms with E-state index < -0.39 is 0 Å². The summed E-state index contributed by atoms with van der Waals surface area (Å²) in [6.45, 7) is 9.26. The zero-order valence-corrected chi connectivity index (χ0v) is 17.8. The molecule has 0 aromatic heterocycles. The van der Waals surface area contributed by atoms with E-state index in [1.54, 1.807) is 24.3 Å². The molecule has 0 spiro atoms. The van der Waals surface area contributed by atoms with Crippen molar-refractivity contribution < 1.29 is 19.1 Å². The molecule has 0 saturated heterocycles. The van der Waals surface area contributed by atoms with E-state index in [1.165, 1.54) is 0 Å². The number of carbonyl (C=O) groups is 2. The molecule has 0 fully saturated rings. The van der Waals surface area contributed by atoms with Crippen molar-refractivity contribution in [2.75, 3.05) is 13.2 Å².